The monoisotopic (exact) mass is 433 g/mol. The van der Waals surface area contributed by atoms with E-state index < -0.39 is 6.10 Å². The number of aliphatic hydroxyl groups excluding tert-OH is 1. The molecule has 8 heteroatoms. The Labute approximate surface area is 181 Å². The molecule has 0 aliphatic carbocycles. The fraction of sp³-hybridized carbons (Fsp3) is 0.409. The van der Waals surface area contributed by atoms with Gasteiger partial charge in [-0.3, -0.25) is 4.57 Å². The van der Waals surface area contributed by atoms with Crippen molar-refractivity contribution < 1.29 is 14.6 Å². The summed E-state index contributed by atoms with van der Waals surface area (Å²) in [6, 6.07) is 13.5. The molecule has 2 heterocycles. The molecule has 1 saturated heterocycles. The molecule has 3 aromatic rings. The lowest BCUT2D eigenvalue weighted by atomic mass is 10.0. The van der Waals surface area contributed by atoms with Gasteiger partial charge in [-0.25, -0.2) is 4.79 Å². The van der Waals surface area contributed by atoms with E-state index in [1.165, 1.54) is 0 Å². The van der Waals surface area contributed by atoms with Crippen LogP contribution >= 0.6 is 12.4 Å². The summed E-state index contributed by atoms with van der Waals surface area (Å²) in [5, 5.41) is 10.7. The van der Waals surface area contributed by atoms with Crippen LogP contribution in [0.25, 0.3) is 11.0 Å². The summed E-state index contributed by atoms with van der Waals surface area (Å²) in [6.45, 7) is 2.22. The zero-order valence-corrected chi connectivity index (χ0v) is 18.0. The third-order valence-electron chi connectivity index (χ3n) is 5.77. The molecule has 162 valence electrons. The van der Waals surface area contributed by atoms with E-state index in [0.29, 0.717) is 18.0 Å². The fourth-order valence-electron chi connectivity index (χ4n) is 4.21. The van der Waals surface area contributed by atoms with Gasteiger partial charge in [-0.05, 0) is 42.7 Å². The molecule has 0 amide bonds. The van der Waals surface area contributed by atoms with Crippen molar-refractivity contribution in [3.8, 4) is 11.5 Å². The summed E-state index contributed by atoms with van der Waals surface area (Å²) in [6.07, 6.45) is 1.14. The van der Waals surface area contributed by atoms with Crippen molar-refractivity contribution >= 4 is 23.4 Å². The number of fused-ring (bicyclic) bond motifs is 1. The lowest BCUT2D eigenvalue weighted by Crippen LogP contribution is -2.39. The van der Waals surface area contributed by atoms with Crippen molar-refractivity contribution in [2.24, 2.45) is 0 Å². The molecular weight excluding hydrogens is 406 g/mol. The number of β-amino-alcohol motifs (C(OH)–C–C–N with tert-alkyl or cyclic N) is 1. The van der Waals surface area contributed by atoms with Crippen molar-refractivity contribution in [1.82, 2.24) is 14.5 Å². The lowest BCUT2D eigenvalue weighted by Gasteiger charge is -2.33. The van der Waals surface area contributed by atoms with E-state index >= 15 is 0 Å². The molecule has 2 aromatic carbocycles. The van der Waals surface area contributed by atoms with Gasteiger partial charge in [0.25, 0.3) is 0 Å². The van der Waals surface area contributed by atoms with Gasteiger partial charge < -0.3 is 24.5 Å². The standard InChI is InChI=1S/C22H27N3O4.ClH/c1-28-20-8-7-15(13-21(20)29-2)19(26)14-24-11-9-16(10-12-24)25-18-6-4-3-5-17(18)23-22(25)27;/h3-8,13,16,19,26H,9-12,14H2,1-2H3,(H,23,27);1H. The number of imidazole rings is 1. The summed E-state index contributed by atoms with van der Waals surface area (Å²) in [5.74, 6) is 1.26. The quantitative estimate of drug-likeness (QED) is 0.624. The maximum absolute atomic E-state index is 12.4. The first-order valence-corrected chi connectivity index (χ1v) is 9.92. The molecule has 4 rings (SSSR count). The third-order valence-corrected chi connectivity index (χ3v) is 5.77. The highest BCUT2D eigenvalue weighted by atomic mass is 35.5. The number of ether oxygens (including phenoxy) is 2. The van der Waals surface area contributed by atoms with Crippen LogP contribution in [0.2, 0.25) is 0 Å². The van der Waals surface area contributed by atoms with E-state index in [4.69, 9.17) is 9.47 Å². The van der Waals surface area contributed by atoms with Crippen LogP contribution in [0, 0.1) is 0 Å². The number of methoxy groups -OCH3 is 2. The van der Waals surface area contributed by atoms with E-state index in [2.05, 4.69) is 9.88 Å². The Morgan fingerprint density at radius 3 is 2.50 bits per heavy atom. The summed E-state index contributed by atoms with van der Waals surface area (Å²) >= 11 is 0. The van der Waals surface area contributed by atoms with Crippen molar-refractivity contribution in [3.05, 3.63) is 58.5 Å². The van der Waals surface area contributed by atoms with Crippen molar-refractivity contribution in [1.29, 1.82) is 0 Å². The second-order valence-corrected chi connectivity index (χ2v) is 7.48. The van der Waals surface area contributed by atoms with Crippen molar-refractivity contribution in [2.45, 2.75) is 25.0 Å². The number of para-hydroxylation sites is 2. The molecule has 1 fully saturated rings. The minimum atomic E-state index is -0.609. The lowest BCUT2D eigenvalue weighted by molar-refractivity contribution is 0.0905. The van der Waals surface area contributed by atoms with E-state index in [-0.39, 0.29) is 24.1 Å². The van der Waals surface area contributed by atoms with Crippen molar-refractivity contribution in [3.63, 3.8) is 0 Å². The zero-order chi connectivity index (χ0) is 20.4. The average molecular weight is 434 g/mol. The normalized spacial score (nSPS) is 16.2. The number of benzene rings is 2. The highest BCUT2D eigenvalue weighted by Gasteiger charge is 2.25. The molecule has 30 heavy (non-hydrogen) atoms. The minimum absolute atomic E-state index is 0. The number of piperidine rings is 1. The summed E-state index contributed by atoms with van der Waals surface area (Å²) < 4.78 is 12.5. The number of hydrogen-bond donors (Lipinski definition) is 2. The number of halogens is 1. The zero-order valence-electron chi connectivity index (χ0n) is 17.2. The number of likely N-dealkylation sites (tertiary alicyclic amines) is 1. The van der Waals surface area contributed by atoms with Gasteiger partial charge in [0.2, 0.25) is 0 Å². The first-order valence-electron chi connectivity index (χ1n) is 9.92. The first kappa shape index (κ1) is 22.2. The number of nitrogens with zero attached hydrogens (tertiary/aromatic N) is 2. The molecule has 0 bridgehead atoms. The second kappa shape index (κ2) is 9.55. The summed E-state index contributed by atoms with van der Waals surface area (Å²) in [4.78, 5) is 17.6. The first-order chi connectivity index (χ1) is 14.1. The largest absolute Gasteiger partial charge is 0.493 e. The Kier molecular flexibility index (Phi) is 7.07. The maximum atomic E-state index is 12.4. The number of aromatic amines is 1. The second-order valence-electron chi connectivity index (χ2n) is 7.48. The van der Waals surface area contributed by atoms with Crippen molar-refractivity contribution in [2.75, 3.05) is 33.9 Å². The molecule has 1 aliphatic heterocycles. The molecule has 0 spiro atoms. The fourth-order valence-corrected chi connectivity index (χ4v) is 4.21. The predicted molar refractivity (Wildman–Crippen MR) is 119 cm³/mol. The van der Waals surface area contributed by atoms with E-state index in [0.717, 1.165) is 42.5 Å². The molecule has 1 aromatic heterocycles. The van der Waals surface area contributed by atoms with Crippen LogP contribution in [0.15, 0.2) is 47.3 Å². The van der Waals surface area contributed by atoms with Gasteiger partial charge in [-0.1, -0.05) is 18.2 Å². The predicted octanol–water partition coefficient (Wildman–Crippen LogP) is 3.14. The van der Waals surface area contributed by atoms with E-state index in [9.17, 15) is 9.90 Å². The number of hydrogen-bond acceptors (Lipinski definition) is 5. The van der Waals surface area contributed by atoms with Crippen LogP contribution in [0.5, 0.6) is 11.5 Å². The van der Waals surface area contributed by atoms with Gasteiger partial charge in [0.15, 0.2) is 11.5 Å². The highest BCUT2D eigenvalue weighted by Crippen LogP contribution is 2.31. The molecule has 7 nitrogen and oxygen atoms in total. The summed E-state index contributed by atoms with van der Waals surface area (Å²) in [7, 11) is 3.18. The maximum Gasteiger partial charge on any atom is 0.326 e. The van der Waals surface area contributed by atoms with Gasteiger partial charge in [-0.15, -0.1) is 12.4 Å². The Morgan fingerprint density at radius 1 is 1.10 bits per heavy atom. The van der Waals surface area contributed by atoms with Crippen LogP contribution in [0.1, 0.15) is 30.6 Å². The average Bonchev–Trinajstić information content (AvgIpc) is 3.09. The molecule has 0 radical (unpaired) electrons. The minimum Gasteiger partial charge on any atom is -0.493 e. The van der Waals surface area contributed by atoms with E-state index in [1.54, 1.807) is 14.2 Å². The van der Waals surface area contributed by atoms with Gasteiger partial charge >= 0.3 is 5.69 Å². The molecule has 2 N–H and O–H groups in total. The molecule has 0 saturated carbocycles. The van der Waals surface area contributed by atoms with E-state index in [1.807, 2.05) is 47.0 Å². The van der Waals surface area contributed by atoms with Gasteiger partial charge in [0.05, 0.1) is 31.4 Å². The smallest absolute Gasteiger partial charge is 0.326 e. The van der Waals surface area contributed by atoms with Crippen LogP contribution in [0.3, 0.4) is 0 Å². The van der Waals surface area contributed by atoms with Crippen LogP contribution in [-0.2, 0) is 0 Å². The summed E-state index contributed by atoms with van der Waals surface area (Å²) in [5.41, 5.74) is 2.60. The van der Waals surface area contributed by atoms with Gasteiger partial charge in [-0.2, -0.15) is 0 Å². The van der Waals surface area contributed by atoms with Crippen LogP contribution in [0.4, 0.5) is 0 Å². The molecular formula is C22H28ClN3O4. The van der Waals surface area contributed by atoms with Crippen LogP contribution in [-0.4, -0.2) is 53.4 Å². The SMILES string of the molecule is COc1ccc(C(O)CN2CCC(n3c(=O)[nH]c4ccccc43)CC2)cc1OC.Cl. The number of aliphatic hydroxyl groups is 1. The number of nitrogens with one attached hydrogen (secondary N) is 1. The third kappa shape index (κ3) is 4.33. The molecule has 1 aliphatic rings. The number of H-pyrrole nitrogens is 1. The Hall–Kier alpha value is -2.48. The van der Waals surface area contributed by atoms with Gasteiger partial charge in [0.1, 0.15) is 0 Å². The number of rotatable bonds is 6. The Morgan fingerprint density at radius 2 is 1.80 bits per heavy atom. The Balaban J connectivity index is 0.00000256. The number of aromatic nitrogens is 2. The topological polar surface area (TPSA) is 79.7 Å². The highest BCUT2D eigenvalue weighted by molar-refractivity contribution is 5.85. The van der Waals surface area contributed by atoms with Gasteiger partial charge in [0, 0.05) is 25.7 Å². The Bertz CT molecular complexity index is 1040. The molecule has 1 unspecified atom stereocenters. The molecule has 1 atom stereocenters. The van der Waals surface area contributed by atoms with Crippen LogP contribution < -0.4 is 15.2 Å².